The van der Waals surface area contributed by atoms with Gasteiger partial charge in [-0.05, 0) is 43.4 Å². The monoisotopic (exact) mass is 431 g/mol. The maximum absolute atomic E-state index is 13.1. The molecule has 1 aromatic carbocycles. The maximum Gasteiger partial charge on any atom is 0.321 e. The Kier molecular flexibility index (Phi) is 6.02. The van der Waals surface area contributed by atoms with E-state index in [1.165, 1.54) is 0 Å². The predicted molar refractivity (Wildman–Crippen MR) is 117 cm³/mol. The molecule has 8 heteroatoms. The number of anilines is 1. The number of halogens is 1. The van der Waals surface area contributed by atoms with Crippen LogP contribution in [0.15, 0.2) is 24.5 Å². The number of hydrogen-bond donors (Lipinski definition) is 1. The summed E-state index contributed by atoms with van der Waals surface area (Å²) in [5.74, 6) is 1.62. The van der Waals surface area contributed by atoms with Crippen LogP contribution in [-0.4, -0.2) is 52.0 Å². The molecule has 0 bridgehead atoms. The molecule has 4 rings (SSSR count). The van der Waals surface area contributed by atoms with Gasteiger partial charge < -0.3 is 19.5 Å². The molecular weight excluding hydrogens is 402 g/mol. The summed E-state index contributed by atoms with van der Waals surface area (Å²) >= 11 is 6.33. The van der Waals surface area contributed by atoms with E-state index in [1.54, 1.807) is 0 Å². The molecule has 2 fully saturated rings. The quantitative estimate of drug-likeness (QED) is 0.782. The fourth-order valence-corrected chi connectivity index (χ4v) is 5.03. The van der Waals surface area contributed by atoms with Gasteiger partial charge >= 0.3 is 6.03 Å². The van der Waals surface area contributed by atoms with Gasteiger partial charge in [0.25, 0.3) is 0 Å². The van der Waals surface area contributed by atoms with Crippen LogP contribution in [0.5, 0.6) is 0 Å². The zero-order chi connectivity index (χ0) is 21.3. The first-order valence-electron chi connectivity index (χ1n) is 10.7. The topological polar surface area (TPSA) is 72.3 Å². The number of nitrogens with zero attached hydrogens (tertiary/aromatic N) is 4. The molecule has 2 amide bonds. The summed E-state index contributed by atoms with van der Waals surface area (Å²) in [5, 5.41) is 12.2. The summed E-state index contributed by atoms with van der Waals surface area (Å²) in [4.78, 5) is 15.0. The van der Waals surface area contributed by atoms with Gasteiger partial charge in [0, 0.05) is 44.2 Å². The third-order valence-electron chi connectivity index (χ3n) is 6.31. The lowest BCUT2D eigenvalue weighted by Gasteiger charge is -2.37. The van der Waals surface area contributed by atoms with Gasteiger partial charge in [0.2, 0.25) is 0 Å². The van der Waals surface area contributed by atoms with Crippen LogP contribution in [0.1, 0.15) is 44.0 Å². The zero-order valence-corrected chi connectivity index (χ0v) is 18.7. The van der Waals surface area contributed by atoms with E-state index in [4.69, 9.17) is 16.3 Å². The highest BCUT2D eigenvalue weighted by Crippen LogP contribution is 2.49. The summed E-state index contributed by atoms with van der Waals surface area (Å²) in [6.07, 6.45) is 3.65. The maximum atomic E-state index is 13.1. The summed E-state index contributed by atoms with van der Waals surface area (Å²) < 4.78 is 7.81. The fourth-order valence-electron chi connectivity index (χ4n) is 4.75. The Morgan fingerprint density at radius 1 is 1.37 bits per heavy atom. The van der Waals surface area contributed by atoms with Crippen LogP contribution < -0.4 is 5.32 Å². The molecule has 7 nitrogen and oxygen atoms in total. The van der Waals surface area contributed by atoms with Crippen molar-refractivity contribution in [2.24, 2.45) is 11.3 Å². The van der Waals surface area contributed by atoms with Crippen molar-refractivity contribution < 1.29 is 9.53 Å². The average Bonchev–Trinajstić information content (AvgIpc) is 3.28. The van der Waals surface area contributed by atoms with E-state index in [0.717, 1.165) is 30.8 Å². The number of likely N-dealkylation sites (tertiary alicyclic amines) is 1. The fraction of sp³-hybridized carbons (Fsp3) is 0.591. The number of ether oxygens (including phenoxy) is 1. The van der Waals surface area contributed by atoms with Crippen molar-refractivity contribution in [3.8, 4) is 0 Å². The summed E-state index contributed by atoms with van der Waals surface area (Å²) in [6.45, 7) is 9.96. The van der Waals surface area contributed by atoms with Crippen molar-refractivity contribution in [3.05, 3.63) is 40.9 Å². The third kappa shape index (κ3) is 4.18. The van der Waals surface area contributed by atoms with Gasteiger partial charge in [-0.3, -0.25) is 0 Å². The Balaban J connectivity index is 1.58. The molecule has 162 valence electrons. The number of aromatic nitrogens is 3. The van der Waals surface area contributed by atoms with E-state index in [0.29, 0.717) is 42.9 Å². The van der Waals surface area contributed by atoms with Gasteiger partial charge in [-0.15, -0.1) is 10.2 Å². The van der Waals surface area contributed by atoms with Gasteiger partial charge in [0.15, 0.2) is 0 Å². The predicted octanol–water partition coefficient (Wildman–Crippen LogP) is 4.32. The van der Waals surface area contributed by atoms with Crippen molar-refractivity contribution in [3.63, 3.8) is 0 Å². The van der Waals surface area contributed by atoms with Crippen LogP contribution in [0.2, 0.25) is 5.02 Å². The molecule has 0 aliphatic carbocycles. The molecule has 2 saturated heterocycles. The SMILES string of the molecule is Cc1ccc(NC(=O)N2CC(c3nncn3CC(C)C)C3(CCOCC3)C2)c(Cl)c1. The Hall–Kier alpha value is -2.12. The second kappa shape index (κ2) is 8.55. The van der Waals surface area contributed by atoms with Crippen LogP contribution >= 0.6 is 11.6 Å². The van der Waals surface area contributed by atoms with Gasteiger partial charge in [-0.2, -0.15) is 0 Å². The van der Waals surface area contributed by atoms with Crippen LogP contribution in [-0.2, 0) is 11.3 Å². The van der Waals surface area contributed by atoms with Crippen molar-refractivity contribution in [1.82, 2.24) is 19.7 Å². The highest BCUT2D eigenvalue weighted by Gasteiger charge is 2.51. The van der Waals surface area contributed by atoms with Crippen molar-refractivity contribution in [2.75, 3.05) is 31.6 Å². The van der Waals surface area contributed by atoms with Crippen LogP contribution in [0.25, 0.3) is 0 Å². The Morgan fingerprint density at radius 2 is 2.13 bits per heavy atom. The van der Waals surface area contributed by atoms with E-state index in [9.17, 15) is 4.79 Å². The molecule has 2 aliphatic heterocycles. The van der Waals surface area contributed by atoms with Crippen molar-refractivity contribution >= 4 is 23.3 Å². The molecule has 1 N–H and O–H groups in total. The number of amides is 2. The minimum Gasteiger partial charge on any atom is -0.381 e. The highest BCUT2D eigenvalue weighted by atomic mass is 35.5. The van der Waals surface area contributed by atoms with Gasteiger partial charge in [-0.25, -0.2) is 4.79 Å². The molecule has 0 saturated carbocycles. The lowest BCUT2D eigenvalue weighted by Crippen LogP contribution is -2.38. The van der Waals surface area contributed by atoms with Crippen LogP contribution in [0, 0.1) is 18.3 Å². The van der Waals surface area contributed by atoms with E-state index in [1.807, 2.05) is 36.4 Å². The first-order valence-corrected chi connectivity index (χ1v) is 11.0. The number of aryl methyl sites for hydroxylation is 1. The molecule has 1 aromatic heterocycles. The number of carbonyl (C=O) groups is 1. The molecule has 2 aliphatic rings. The number of nitrogens with one attached hydrogen (secondary N) is 1. The molecule has 0 radical (unpaired) electrons. The molecule has 1 atom stereocenters. The van der Waals surface area contributed by atoms with Crippen molar-refractivity contribution in [1.29, 1.82) is 0 Å². The minimum absolute atomic E-state index is 0.0333. The number of rotatable bonds is 4. The lowest BCUT2D eigenvalue weighted by atomic mass is 9.71. The molecule has 1 unspecified atom stereocenters. The second-order valence-electron chi connectivity index (χ2n) is 9.06. The van der Waals surface area contributed by atoms with E-state index < -0.39 is 0 Å². The number of benzene rings is 1. The lowest BCUT2D eigenvalue weighted by molar-refractivity contribution is 0.0120. The smallest absolute Gasteiger partial charge is 0.321 e. The number of hydrogen-bond acceptors (Lipinski definition) is 4. The highest BCUT2D eigenvalue weighted by molar-refractivity contribution is 6.33. The number of carbonyl (C=O) groups excluding carboxylic acids is 1. The van der Waals surface area contributed by atoms with Gasteiger partial charge in [0.05, 0.1) is 10.7 Å². The molecule has 30 heavy (non-hydrogen) atoms. The summed E-state index contributed by atoms with van der Waals surface area (Å²) in [7, 11) is 0. The molecule has 1 spiro atoms. The van der Waals surface area contributed by atoms with E-state index in [2.05, 4.69) is 33.9 Å². The molecular formula is C22H30ClN5O2. The Morgan fingerprint density at radius 3 is 2.83 bits per heavy atom. The third-order valence-corrected chi connectivity index (χ3v) is 6.62. The van der Waals surface area contributed by atoms with Crippen LogP contribution in [0.4, 0.5) is 10.5 Å². The van der Waals surface area contributed by atoms with E-state index in [-0.39, 0.29) is 17.4 Å². The second-order valence-corrected chi connectivity index (χ2v) is 9.46. The van der Waals surface area contributed by atoms with E-state index >= 15 is 0 Å². The minimum atomic E-state index is -0.121. The van der Waals surface area contributed by atoms with Gasteiger partial charge in [0.1, 0.15) is 12.2 Å². The standard InChI is InChI=1S/C22H30ClN5O2/c1-15(2)11-28-14-24-26-20(28)17-12-27(13-22(17)6-8-30-9-7-22)21(29)25-19-5-4-16(3)10-18(19)23/h4-5,10,14-15,17H,6-9,11-13H2,1-3H3,(H,25,29). The average molecular weight is 432 g/mol. The first kappa shape index (κ1) is 21.1. The van der Waals surface area contributed by atoms with Crippen LogP contribution in [0.3, 0.4) is 0 Å². The molecule has 3 heterocycles. The zero-order valence-electron chi connectivity index (χ0n) is 17.9. The van der Waals surface area contributed by atoms with Gasteiger partial charge in [-0.1, -0.05) is 31.5 Å². The summed E-state index contributed by atoms with van der Waals surface area (Å²) in [5.41, 5.74) is 1.67. The Bertz CT molecular complexity index is 907. The summed E-state index contributed by atoms with van der Waals surface area (Å²) in [6, 6.07) is 5.54. The normalized spacial score (nSPS) is 20.8. The largest absolute Gasteiger partial charge is 0.381 e. The Labute approximate surface area is 182 Å². The van der Waals surface area contributed by atoms with Crippen molar-refractivity contribution in [2.45, 2.75) is 46.1 Å². The molecule has 2 aromatic rings. The first-order chi connectivity index (χ1) is 14.4. The number of urea groups is 1.